The number of halogens is 4. The van der Waals surface area contributed by atoms with E-state index in [1.807, 2.05) is 13.0 Å². The van der Waals surface area contributed by atoms with E-state index < -0.39 is 18.6 Å². The largest absolute Gasteiger partial charge is 0.401 e. The van der Waals surface area contributed by atoms with Gasteiger partial charge in [-0.1, -0.05) is 23.7 Å². The van der Waals surface area contributed by atoms with Crippen LogP contribution >= 0.6 is 11.6 Å². The smallest absolute Gasteiger partial charge is 0.303 e. The number of aryl methyl sites for hydroxylation is 1. The highest BCUT2D eigenvalue weighted by molar-refractivity contribution is 6.31. The summed E-state index contributed by atoms with van der Waals surface area (Å²) < 4.78 is 37.3. The van der Waals surface area contributed by atoms with E-state index in [9.17, 15) is 18.0 Å². The lowest BCUT2D eigenvalue weighted by Gasteiger charge is -2.18. The number of hydrogen-bond donors (Lipinski definition) is 0. The highest BCUT2D eigenvalue weighted by Crippen LogP contribution is 2.36. The minimum absolute atomic E-state index is 0.123. The fourth-order valence-corrected chi connectivity index (χ4v) is 3.07. The second-order valence-corrected chi connectivity index (χ2v) is 5.65. The van der Waals surface area contributed by atoms with Crippen LogP contribution in [-0.2, 0) is 4.79 Å². The van der Waals surface area contributed by atoms with Gasteiger partial charge >= 0.3 is 6.18 Å². The SMILES string of the molecule is Cc1ccc(C2CN(CC(F)(F)F)CC2C=O)c(Cl)c1. The zero-order chi connectivity index (χ0) is 14.9. The third-order valence-electron chi connectivity index (χ3n) is 3.57. The molecule has 0 radical (unpaired) electrons. The molecule has 1 aromatic carbocycles. The number of nitrogens with zero attached hydrogens (tertiary/aromatic N) is 1. The van der Waals surface area contributed by atoms with E-state index in [4.69, 9.17) is 11.6 Å². The summed E-state index contributed by atoms with van der Waals surface area (Å²) in [6.45, 7) is 1.22. The number of benzene rings is 1. The van der Waals surface area contributed by atoms with E-state index in [2.05, 4.69) is 0 Å². The molecule has 6 heteroatoms. The molecule has 0 amide bonds. The van der Waals surface area contributed by atoms with Gasteiger partial charge in [0.1, 0.15) is 6.29 Å². The fourth-order valence-electron chi connectivity index (χ4n) is 2.70. The maximum absolute atomic E-state index is 12.4. The second-order valence-electron chi connectivity index (χ2n) is 5.24. The van der Waals surface area contributed by atoms with Gasteiger partial charge in [-0.3, -0.25) is 4.90 Å². The van der Waals surface area contributed by atoms with Crippen LogP contribution in [-0.4, -0.2) is 37.0 Å². The Morgan fingerprint density at radius 1 is 1.40 bits per heavy atom. The molecule has 2 rings (SSSR count). The summed E-state index contributed by atoms with van der Waals surface area (Å²) >= 11 is 6.16. The second kappa shape index (κ2) is 5.74. The first-order chi connectivity index (χ1) is 9.30. The summed E-state index contributed by atoms with van der Waals surface area (Å²) in [6.07, 6.45) is -3.52. The Morgan fingerprint density at radius 2 is 2.10 bits per heavy atom. The molecule has 1 aliphatic rings. The van der Waals surface area contributed by atoms with Crippen LogP contribution in [0.25, 0.3) is 0 Å². The van der Waals surface area contributed by atoms with Crippen molar-refractivity contribution >= 4 is 17.9 Å². The van der Waals surface area contributed by atoms with Gasteiger partial charge in [0.2, 0.25) is 0 Å². The molecule has 0 spiro atoms. The molecular weight excluding hydrogens is 291 g/mol. The van der Waals surface area contributed by atoms with Crippen molar-refractivity contribution in [2.45, 2.75) is 19.0 Å². The quantitative estimate of drug-likeness (QED) is 0.798. The number of aldehydes is 1. The normalized spacial score (nSPS) is 24.1. The monoisotopic (exact) mass is 305 g/mol. The molecule has 1 aliphatic heterocycles. The zero-order valence-electron chi connectivity index (χ0n) is 11.0. The Hall–Kier alpha value is -1.07. The molecule has 20 heavy (non-hydrogen) atoms. The van der Waals surface area contributed by atoms with E-state index in [0.717, 1.165) is 17.4 Å². The number of carbonyl (C=O) groups excluding carboxylic acids is 1. The number of rotatable bonds is 3. The minimum atomic E-state index is -4.25. The highest BCUT2D eigenvalue weighted by atomic mass is 35.5. The Bertz CT molecular complexity index is 504. The van der Waals surface area contributed by atoms with Gasteiger partial charge in [-0.25, -0.2) is 0 Å². The summed E-state index contributed by atoms with van der Waals surface area (Å²) in [5, 5.41) is 0.510. The van der Waals surface area contributed by atoms with Crippen LogP contribution in [0, 0.1) is 12.8 Å². The lowest BCUT2D eigenvalue weighted by Crippen LogP contribution is -2.32. The zero-order valence-corrected chi connectivity index (χ0v) is 11.7. The third-order valence-corrected chi connectivity index (χ3v) is 3.90. The first-order valence-corrected chi connectivity index (χ1v) is 6.68. The van der Waals surface area contributed by atoms with Crippen LogP contribution in [0.4, 0.5) is 13.2 Å². The van der Waals surface area contributed by atoms with Crippen molar-refractivity contribution in [2.24, 2.45) is 5.92 Å². The molecule has 1 saturated heterocycles. The molecule has 2 atom stereocenters. The molecule has 0 aromatic heterocycles. The first-order valence-electron chi connectivity index (χ1n) is 6.30. The summed E-state index contributed by atoms with van der Waals surface area (Å²) in [4.78, 5) is 12.4. The summed E-state index contributed by atoms with van der Waals surface area (Å²) in [6, 6.07) is 5.43. The van der Waals surface area contributed by atoms with Gasteiger partial charge < -0.3 is 4.79 Å². The summed E-state index contributed by atoms with van der Waals surface area (Å²) in [5.41, 5.74) is 1.73. The summed E-state index contributed by atoms with van der Waals surface area (Å²) in [7, 11) is 0. The van der Waals surface area contributed by atoms with Gasteiger partial charge in [-0.15, -0.1) is 0 Å². The van der Waals surface area contributed by atoms with E-state index in [1.54, 1.807) is 12.1 Å². The van der Waals surface area contributed by atoms with Crippen molar-refractivity contribution in [1.29, 1.82) is 0 Å². The highest BCUT2D eigenvalue weighted by Gasteiger charge is 2.39. The number of carbonyl (C=O) groups is 1. The minimum Gasteiger partial charge on any atom is -0.303 e. The lowest BCUT2D eigenvalue weighted by molar-refractivity contribution is -0.144. The molecular formula is C14H15ClF3NO. The van der Waals surface area contributed by atoms with Crippen LogP contribution in [0.5, 0.6) is 0 Å². The van der Waals surface area contributed by atoms with E-state index in [0.29, 0.717) is 5.02 Å². The number of likely N-dealkylation sites (tertiary alicyclic amines) is 1. The van der Waals surface area contributed by atoms with Crippen LogP contribution in [0.1, 0.15) is 17.0 Å². The molecule has 0 saturated carbocycles. The van der Waals surface area contributed by atoms with Crippen LogP contribution in [0.3, 0.4) is 0 Å². The molecule has 110 valence electrons. The maximum atomic E-state index is 12.4. The molecule has 1 fully saturated rings. The average molecular weight is 306 g/mol. The van der Waals surface area contributed by atoms with Crippen LogP contribution < -0.4 is 0 Å². The van der Waals surface area contributed by atoms with Gasteiger partial charge in [0.05, 0.1) is 6.54 Å². The molecule has 2 nitrogen and oxygen atoms in total. The Balaban J connectivity index is 2.20. The van der Waals surface area contributed by atoms with Crippen molar-refractivity contribution < 1.29 is 18.0 Å². The van der Waals surface area contributed by atoms with Crippen molar-refractivity contribution in [3.05, 3.63) is 34.3 Å². The molecule has 0 bridgehead atoms. The molecule has 1 aromatic rings. The van der Waals surface area contributed by atoms with E-state index in [1.165, 1.54) is 4.90 Å². The Labute approximate surface area is 120 Å². The molecule has 1 heterocycles. The predicted octanol–water partition coefficient (Wildman–Crippen LogP) is 3.43. The van der Waals surface area contributed by atoms with E-state index >= 15 is 0 Å². The predicted molar refractivity (Wildman–Crippen MR) is 71.0 cm³/mol. The van der Waals surface area contributed by atoms with Crippen LogP contribution in [0.15, 0.2) is 18.2 Å². The fraction of sp³-hybridized carbons (Fsp3) is 0.500. The van der Waals surface area contributed by atoms with Crippen molar-refractivity contribution in [2.75, 3.05) is 19.6 Å². The topological polar surface area (TPSA) is 20.3 Å². The molecule has 0 aliphatic carbocycles. The van der Waals surface area contributed by atoms with Crippen molar-refractivity contribution in [1.82, 2.24) is 4.90 Å². The van der Waals surface area contributed by atoms with Crippen molar-refractivity contribution in [3.8, 4) is 0 Å². The van der Waals surface area contributed by atoms with Crippen molar-refractivity contribution in [3.63, 3.8) is 0 Å². The lowest BCUT2D eigenvalue weighted by atomic mass is 9.89. The summed E-state index contributed by atoms with van der Waals surface area (Å²) in [5.74, 6) is -0.722. The van der Waals surface area contributed by atoms with Gasteiger partial charge in [0.15, 0.2) is 0 Å². The standard InChI is InChI=1S/C14H15ClF3NO/c1-9-2-3-11(13(15)4-9)12-6-19(5-10(12)7-20)8-14(16,17)18/h2-4,7,10,12H,5-6,8H2,1H3. The van der Waals surface area contributed by atoms with Gasteiger partial charge in [-0.2, -0.15) is 13.2 Å². The number of hydrogen-bond acceptors (Lipinski definition) is 2. The Kier molecular flexibility index (Phi) is 4.39. The molecule has 2 unspecified atom stereocenters. The van der Waals surface area contributed by atoms with Gasteiger partial charge in [0.25, 0.3) is 0 Å². The Morgan fingerprint density at radius 3 is 2.65 bits per heavy atom. The van der Waals surface area contributed by atoms with Gasteiger partial charge in [-0.05, 0) is 24.1 Å². The maximum Gasteiger partial charge on any atom is 0.401 e. The van der Waals surface area contributed by atoms with Gasteiger partial charge in [0, 0.05) is 29.9 Å². The first kappa shape index (κ1) is 15.3. The average Bonchev–Trinajstić information content (AvgIpc) is 2.69. The van der Waals surface area contributed by atoms with Crippen LogP contribution in [0.2, 0.25) is 5.02 Å². The third kappa shape index (κ3) is 3.52. The molecule has 0 N–H and O–H groups in total. The van der Waals surface area contributed by atoms with E-state index in [-0.39, 0.29) is 19.0 Å². The number of alkyl halides is 3.